The summed E-state index contributed by atoms with van der Waals surface area (Å²) in [7, 11) is 4.05. The lowest BCUT2D eigenvalue weighted by Gasteiger charge is -2.11. The largest absolute Gasteiger partial charge is 0.378 e. The van der Waals surface area contributed by atoms with Gasteiger partial charge >= 0.3 is 0 Å². The molecule has 7 nitrogen and oxygen atoms in total. The molecule has 3 heterocycles. The van der Waals surface area contributed by atoms with Crippen LogP contribution in [0.4, 0.5) is 5.69 Å². The maximum Gasteiger partial charge on any atom is 0.186 e. The van der Waals surface area contributed by atoms with Crippen molar-refractivity contribution in [2.45, 2.75) is 26.2 Å². The van der Waals surface area contributed by atoms with Crippen molar-refractivity contribution in [2.24, 2.45) is 0 Å². The fraction of sp³-hybridized carbons (Fsp3) is 0.333. The van der Waals surface area contributed by atoms with Gasteiger partial charge in [-0.3, -0.25) is 5.10 Å². The predicted molar refractivity (Wildman–Crippen MR) is 98.8 cm³/mol. The predicted octanol–water partition coefficient (Wildman–Crippen LogP) is 3.08. The quantitative estimate of drug-likeness (QED) is 0.606. The average Bonchev–Trinajstić information content (AvgIpc) is 3.26. The lowest BCUT2D eigenvalue weighted by molar-refractivity contribution is 0.718. The summed E-state index contributed by atoms with van der Waals surface area (Å²) in [5, 5.41) is 12.7. The fourth-order valence-corrected chi connectivity index (χ4v) is 2.90. The Hall–Kier alpha value is -2.96. The Morgan fingerprint density at radius 1 is 1.12 bits per heavy atom. The maximum atomic E-state index is 4.76. The summed E-state index contributed by atoms with van der Waals surface area (Å²) in [5.41, 5.74) is 3.64. The van der Waals surface area contributed by atoms with Gasteiger partial charge in [-0.15, -0.1) is 5.10 Å². The van der Waals surface area contributed by atoms with E-state index in [1.54, 1.807) is 0 Å². The maximum absolute atomic E-state index is 4.76. The smallest absolute Gasteiger partial charge is 0.186 e. The minimum absolute atomic E-state index is 0.695. The summed E-state index contributed by atoms with van der Waals surface area (Å²) in [6, 6.07) is 8.25. The summed E-state index contributed by atoms with van der Waals surface area (Å²) in [6.45, 7) is 2.17. The summed E-state index contributed by atoms with van der Waals surface area (Å²) >= 11 is 0. The topological polar surface area (TPSA) is 75.0 Å². The van der Waals surface area contributed by atoms with E-state index in [2.05, 4.69) is 51.3 Å². The SMILES string of the molecule is CCCCc1nc2n[nH]cc2c2nc(-c3ccc(N(C)C)cc3)nn12. The molecule has 0 saturated carbocycles. The number of nitrogens with zero attached hydrogens (tertiary/aromatic N) is 6. The molecule has 0 saturated heterocycles. The molecule has 4 rings (SSSR count). The molecule has 25 heavy (non-hydrogen) atoms. The van der Waals surface area contributed by atoms with Crippen molar-refractivity contribution in [1.82, 2.24) is 29.8 Å². The van der Waals surface area contributed by atoms with Gasteiger partial charge in [-0.05, 0) is 30.7 Å². The number of hydrogen-bond donors (Lipinski definition) is 1. The first-order valence-corrected chi connectivity index (χ1v) is 8.54. The first kappa shape index (κ1) is 15.6. The zero-order valence-electron chi connectivity index (χ0n) is 14.7. The molecular formula is C18H21N7. The molecule has 0 spiro atoms. The van der Waals surface area contributed by atoms with Gasteiger partial charge in [-0.2, -0.15) is 9.61 Å². The summed E-state index contributed by atoms with van der Waals surface area (Å²) in [4.78, 5) is 11.5. The lowest BCUT2D eigenvalue weighted by atomic mass is 10.2. The molecule has 3 aromatic heterocycles. The monoisotopic (exact) mass is 335 g/mol. The molecule has 0 aliphatic carbocycles. The second-order valence-corrected chi connectivity index (χ2v) is 6.37. The minimum atomic E-state index is 0.695. The third-order valence-electron chi connectivity index (χ3n) is 4.34. The molecule has 0 aliphatic heterocycles. The highest BCUT2D eigenvalue weighted by Gasteiger charge is 2.15. The molecule has 0 amide bonds. The van der Waals surface area contributed by atoms with E-state index in [0.29, 0.717) is 11.5 Å². The van der Waals surface area contributed by atoms with Gasteiger partial charge in [0.05, 0.1) is 5.39 Å². The Labute approximate surface area is 145 Å². The van der Waals surface area contributed by atoms with Crippen LogP contribution in [0.3, 0.4) is 0 Å². The third kappa shape index (κ3) is 2.71. The van der Waals surface area contributed by atoms with E-state index in [9.17, 15) is 0 Å². The van der Waals surface area contributed by atoms with Gasteiger partial charge in [0, 0.05) is 38.0 Å². The van der Waals surface area contributed by atoms with E-state index in [0.717, 1.165) is 47.4 Å². The second kappa shape index (κ2) is 6.16. The van der Waals surface area contributed by atoms with E-state index in [4.69, 9.17) is 10.1 Å². The lowest BCUT2D eigenvalue weighted by Crippen LogP contribution is -2.07. The number of anilines is 1. The second-order valence-electron chi connectivity index (χ2n) is 6.37. The van der Waals surface area contributed by atoms with Crippen LogP contribution in [0.15, 0.2) is 30.5 Å². The van der Waals surface area contributed by atoms with Gasteiger partial charge < -0.3 is 4.90 Å². The molecule has 4 aromatic rings. The number of benzene rings is 1. The summed E-state index contributed by atoms with van der Waals surface area (Å²) < 4.78 is 1.86. The number of rotatable bonds is 5. The number of aromatic amines is 1. The van der Waals surface area contributed by atoms with Crippen LogP contribution in [0.2, 0.25) is 0 Å². The zero-order chi connectivity index (χ0) is 17.4. The molecule has 0 unspecified atom stereocenters. The summed E-state index contributed by atoms with van der Waals surface area (Å²) in [5.74, 6) is 1.61. The highest BCUT2D eigenvalue weighted by Crippen LogP contribution is 2.23. The molecular weight excluding hydrogens is 314 g/mol. The van der Waals surface area contributed by atoms with Crippen molar-refractivity contribution in [3.8, 4) is 11.4 Å². The van der Waals surface area contributed by atoms with Crippen LogP contribution in [-0.2, 0) is 6.42 Å². The van der Waals surface area contributed by atoms with Crippen molar-refractivity contribution < 1.29 is 0 Å². The Balaban J connectivity index is 1.85. The Morgan fingerprint density at radius 3 is 2.64 bits per heavy atom. The molecule has 1 aromatic carbocycles. The number of aryl methyl sites for hydroxylation is 1. The molecule has 1 N–H and O–H groups in total. The first-order chi connectivity index (χ1) is 12.2. The standard InChI is InChI=1S/C18H21N7/c1-4-5-6-15-20-17-14(11-19-22-17)18-21-16(23-25(15)18)12-7-9-13(10-8-12)24(2)3/h7-11H,4-6H2,1-3H3,(H,19,22). The number of nitrogens with one attached hydrogen (secondary N) is 1. The van der Waals surface area contributed by atoms with Gasteiger partial charge in [0.1, 0.15) is 5.82 Å². The van der Waals surface area contributed by atoms with Crippen LogP contribution < -0.4 is 4.90 Å². The van der Waals surface area contributed by atoms with E-state index in [1.165, 1.54) is 0 Å². The van der Waals surface area contributed by atoms with E-state index in [1.807, 2.05) is 24.8 Å². The first-order valence-electron chi connectivity index (χ1n) is 8.54. The number of H-pyrrole nitrogens is 1. The van der Waals surface area contributed by atoms with Crippen molar-refractivity contribution in [3.05, 3.63) is 36.3 Å². The highest BCUT2D eigenvalue weighted by atomic mass is 15.3. The number of unbranched alkanes of at least 4 members (excludes halogenated alkanes) is 1. The molecule has 0 atom stereocenters. The third-order valence-corrected chi connectivity index (χ3v) is 4.34. The molecule has 7 heteroatoms. The van der Waals surface area contributed by atoms with Gasteiger partial charge in [0.25, 0.3) is 0 Å². The van der Waals surface area contributed by atoms with Crippen LogP contribution in [0.1, 0.15) is 25.6 Å². The van der Waals surface area contributed by atoms with Gasteiger partial charge in [0.15, 0.2) is 17.1 Å². The number of fused-ring (bicyclic) bond motifs is 3. The average molecular weight is 335 g/mol. The molecule has 128 valence electrons. The fourth-order valence-electron chi connectivity index (χ4n) is 2.90. The van der Waals surface area contributed by atoms with Crippen LogP contribution in [-0.4, -0.2) is 43.9 Å². The van der Waals surface area contributed by atoms with Gasteiger partial charge in [-0.1, -0.05) is 13.3 Å². The highest BCUT2D eigenvalue weighted by molar-refractivity contribution is 5.89. The normalized spacial score (nSPS) is 11.5. The van der Waals surface area contributed by atoms with Crippen molar-refractivity contribution >= 4 is 22.4 Å². The van der Waals surface area contributed by atoms with Crippen molar-refractivity contribution in [1.29, 1.82) is 0 Å². The van der Waals surface area contributed by atoms with Crippen LogP contribution in [0.5, 0.6) is 0 Å². The number of hydrogen-bond acceptors (Lipinski definition) is 5. The molecule has 0 radical (unpaired) electrons. The Morgan fingerprint density at radius 2 is 1.92 bits per heavy atom. The number of aromatic nitrogens is 6. The van der Waals surface area contributed by atoms with Crippen LogP contribution in [0, 0.1) is 0 Å². The molecule has 0 fully saturated rings. The van der Waals surface area contributed by atoms with Crippen LogP contribution >= 0.6 is 0 Å². The molecule has 0 bridgehead atoms. The van der Waals surface area contributed by atoms with Gasteiger partial charge in [0.2, 0.25) is 0 Å². The van der Waals surface area contributed by atoms with Gasteiger partial charge in [-0.25, -0.2) is 9.97 Å². The summed E-state index contributed by atoms with van der Waals surface area (Å²) in [6.07, 6.45) is 4.85. The van der Waals surface area contributed by atoms with Crippen molar-refractivity contribution in [3.63, 3.8) is 0 Å². The van der Waals surface area contributed by atoms with E-state index < -0.39 is 0 Å². The Kier molecular flexibility index (Phi) is 3.83. The zero-order valence-corrected chi connectivity index (χ0v) is 14.7. The van der Waals surface area contributed by atoms with E-state index >= 15 is 0 Å². The molecule has 0 aliphatic rings. The van der Waals surface area contributed by atoms with E-state index in [-0.39, 0.29) is 0 Å². The van der Waals surface area contributed by atoms with Crippen LogP contribution in [0.25, 0.3) is 28.1 Å². The minimum Gasteiger partial charge on any atom is -0.378 e. The van der Waals surface area contributed by atoms with Crippen molar-refractivity contribution in [2.75, 3.05) is 19.0 Å². The Bertz CT molecular complexity index is 1010.